The van der Waals surface area contributed by atoms with Crippen molar-refractivity contribution in [2.45, 2.75) is 18.9 Å². The number of piperidine rings is 1. The van der Waals surface area contributed by atoms with E-state index in [0.717, 1.165) is 19.4 Å². The Morgan fingerprint density at radius 3 is 3.00 bits per heavy atom. The fraction of sp³-hybridized carbons (Fsp3) is 0.667. The van der Waals surface area contributed by atoms with Crippen LogP contribution in [0, 0.1) is 0 Å². The van der Waals surface area contributed by atoms with E-state index >= 15 is 0 Å². The Morgan fingerprint density at radius 1 is 1.60 bits per heavy atom. The van der Waals surface area contributed by atoms with Crippen molar-refractivity contribution in [3.05, 3.63) is 6.20 Å². The molecule has 1 fully saturated rings. The molecule has 0 aliphatic carbocycles. The number of aromatic nitrogens is 3. The summed E-state index contributed by atoms with van der Waals surface area (Å²) < 4.78 is 1.60. The van der Waals surface area contributed by atoms with E-state index < -0.39 is 0 Å². The minimum absolute atomic E-state index is 0.0826. The summed E-state index contributed by atoms with van der Waals surface area (Å²) in [4.78, 5) is 13.6. The van der Waals surface area contributed by atoms with Crippen molar-refractivity contribution in [3.63, 3.8) is 0 Å². The maximum Gasteiger partial charge on any atom is 0.245 e. The van der Waals surface area contributed by atoms with Crippen molar-refractivity contribution in [1.29, 1.82) is 0 Å². The van der Waals surface area contributed by atoms with Crippen LogP contribution in [-0.4, -0.2) is 40.5 Å². The van der Waals surface area contributed by atoms with Crippen LogP contribution >= 0.6 is 0 Å². The average molecular weight is 209 g/mol. The number of rotatable bonds is 2. The number of hydrogen-bond acceptors (Lipinski definition) is 4. The lowest BCUT2D eigenvalue weighted by molar-refractivity contribution is -0.121. The van der Waals surface area contributed by atoms with Crippen LogP contribution < -0.4 is 10.2 Å². The Balaban J connectivity index is 2.18. The zero-order chi connectivity index (χ0) is 10.8. The number of carbonyl (C=O) groups is 1. The van der Waals surface area contributed by atoms with Crippen molar-refractivity contribution >= 4 is 11.7 Å². The van der Waals surface area contributed by atoms with Gasteiger partial charge in [-0.05, 0) is 19.9 Å². The van der Waals surface area contributed by atoms with Gasteiger partial charge < -0.3 is 5.32 Å². The summed E-state index contributed by atoms with van der Waals surface area (Å²) in [6, 6.07) is -0.0826. The summed E-state index contributed by atoms with van der Waals surface area (Å²) in [5.74, 6) is 0.728. The first-order valence-electron chi connectivity index (χ1n) is 5.07. The summed E-state index contributed by atoms with van der Waals surface area (Å²) in [7, 11) is 3.60. The van der Waals surface area contributed by atoms with Gasteiger partial charge in [0.05, 0.1) is 12.2 Å². The fourth-order valence-corrected chi connectivity index (χ4v) is 1.83. The Kier molecular flexibility index (Phi) is 2.68. The molecule has 1 saturated heterocycles. The van der Waals surface area contributed by atoms with Crippen LogP contribution in [0.1, 0.15) is 12.8 Å². The molecular formula is C9H15N5O. The molecule has 1 N–H and O–H groups in total. The molecule has 0 spiro atoms. The highest BCUT2D eigenvalue weighted by molar-refractivity contribution is 5.96. The number of nitrogens with zero attached hydrogens (tertiary/aromatic N) is 4. The van der Waals surface area contributed by atoms with Crippen LogP contribution in [0.25, 0.3) is 0 Å². The van der Waals surface area contributed by atoms with Crippen molar-refractivity contribution in [2.75, 3.05) is 18.5 Å². The van der Waals surface area contributed by atoms with Crippen LogP contribution in [0.4, 0.5) is 5.82 Å². The lowest BCUT2D eigenvalue weighted by atomic mass is 10.1. The second kappa shape index (κ2) is 3.98. The molecule has 2 rings (SSSR count). The van der Waals surface area contributed by atoms with E-state index in [4.69, 9.17) is 0 Å². The van der Waals surface area contributed by atoms with E-state index in [9.17, 15) is 4.79 Å². The van der Waals surface area contributed by atoms with E-state index in [-0.39, 0.29) is 11.9 Å². The normalized spacial score (nSPS) is 22.1. The number of carbonyl (C=O) groups excluding carboxylic acids is 1. The first-order chi connectivity index (χ1) is 7.22. The number of aryl methyl sites for hydroxylation is 1. The van der Waals surface area contributed by atoms with Crippen LogP contribution in [0.15, 0.2) is 6.20 Å². The van der Waals surface area contributed by atoms with E-state index in [2.05, 4.69) is 15.6 Å². The molecule has 1 aliphatic heterocycles. The molecule has 6 nitrogen and oxygen atoms in total. The van der Waals surface area contributed by atoms with Crippen LogP contribution in [-0.2, 0) is 11.8 Å². The van der Waals surface area contributed by atoms with Gasteiger partial charge in [-0.3, -0.25) is 14.4 Å². The third kappa shape index (κ3) is 1.85. The maximum atomic E-state index is 12.0. The molecule has 1 amide bonds. The molecule has 82 valence electrons. The average Bonchev–Trinajstić information content (AvgIpc) is 2.65. The molecule has 0 bridgehead atoms. The summed E-state index contributed by atoms with van der Waals surface area (Å²) in [6.07, 6.45) is 3.65. The number of nitrogens with one attached hydrogen (secondary N) is 1. The van der Waals surface area contributed by atoms with Gasteiger partial charge in [0, 0.05) is 13.6 Å². The minimum atomic E-state index is -0.0826. The summed E-state index contributed by atoms with van der Waals surface area (Å²) >= 11 is 0. The highest BCUT2D eigenvalue weighted by Gasteiger charge is 2.29. The third-order valence-electron chi connectivity index (χ3n) is 2.65. The predicted molar refractivity (Wildman–Crippen MR) is 55.4 cm³/mol. The molecule has 15 heavy (non-hydrogen) atoms. The fourth-order valence-electron chi connectivity index (χ4n) is 1.83. The number of amides is 1. The topological polar surface area (TPSA) is 63.1 Å². The second-order valence-corrected chi connectivity index (χ2v) is 3.72. The monoisotopic (exact) mass is 209 g/mol. The predicted octanol–water partition coefficient (Wildman–Crippen LogP) is -0.470. The van der Waals surface area contributed by atoms with Gasteiger partial charge in [-0.1, -0.05) is 5.21 Å². The van der Waals surface area contributed by atoms with Crippen molar-refractivity contribution < 1.29 is 4.79 Å². The molecule has 1 aromatic heterocycles. The van der Waals surface area contributed by atoms with Crippen molar-refractivity contribution in [2.24, 2.45) is 7.05 Å². The van der Waals surface area contributed by atoms with Gasteiger partial charge in [0.15, 0.2) is 5.82 Å². The lowest BCUT2D eigenvalue weighted by Gasteiger charge is -2.30. The van der Waals surface area contributed by atoms with E-state index in [1.807, 2.05) is 7.05 Å². The highest BCUT2D eigenvalue weighted by atomic mass is 16.2. The SMILES string of the molecule is CNC1CCCN(c2cn(C)nn2)C1=O. The maximum absolute atomic E-state index is 12.0. The summed E-state index contributed by atoms with van der Waals surface area (Å²) in [5.41, 5.74) is 0. The molecular weight excluding hydrogens is 194 g/mol. The number of anilines is 1. The van der Waals surface area contributed by atoms with Gasteiger partial charge in [-0.15, -0.1) is 5.10 Å². The zero-order valence-electron chi connectivity index (χ0n) is 8.97. The first-order valence-corrected chi connectivity index (χ1v) is 5.07. The standard InChI is InChI=1S/C9H15N5O/c1-10-7-4-3-5-14(9(7)15)8-6-13(2)12-11-8/h6-7,10H,3-5H2,1-2H3. The second-order valence-electron chi connectivity index (χ2n) is 3.72. The minimum Gasteiger partial charge on any atom is -0.309 e. The van der Waals surface area contributed by atoms with Gasteiger partial charge >= 0.3 is 0 Å². The quantitative estimate of drug-likeness (QED) is 0.715. The lowest BCUT2D eigenvalue weighted by Crippen LogP contribution is -2.50. The molecule has 1 aromatic rings. The van der Waals surface area contributed by atoms with Crippen molar-refractivity contribution in [3.8, 4) is 0 Å². The Bertz CT molecular complexity index is 361. The Labute approximate surface area is 88.2 Å². The molecule has 1 unspecified atom stereocenters. The van der Waals surface area contributed by atoms with E-state index in [1.165, 1.54) is 0 Å². The Morgan fingerprint density at radius 2 is 2.40 bits per heavy atom. The molecule has 1 aliphatic rings. The number of hydrogen-bond donors (Lipinski definition) is 1. The third-order valence-corrected chi connectivity index (χ3v) is 2.65. The van der Waals surface area contributed by atoms with Crippen LogP contribution in [0.2, 0.25) is 0 Å². The van der Waals surface area contributed by atoms with E-state index in [0.29, 0.717) is 5.82 Å². The van der Waals surface area contributed by atoms with Crippen molar-refractivity contribution in [1.82, 2.24) is 20.3 Å². The van der Waals surface area contributed by atoms with Gasteiger partial charge in [0.1, 0.15) is 0 Å². The van der Waals surface area contributed by atoms with Gasteiger partial charge in [-0.2, -0.15) is 0 Å². The molecule has 6 heteroatoms. The van der Waals surface area contributed by atoms with Crippen LogP contribution in [0.3, 0.4) is 0 Å². The summed E-state index contributed by atoms with van der Waals surface area (Å²) in [6.45, 7) is 0.732. The largest absolute Gasteiger partial charge is 0.309 e. The van der Waals surface area contributed by atoms with Crippen LogP contribution in [0.5, 0.6) is 0 Å². The van der Waals surface area contributed by atoms with Gasteiger partial charge in [-0.25, -0.2) is 0 Å². The molecule has 0 radical (unpaired) electrons. The zero-order valence-corrected chi connectivity index (χ0v) is 8.97. The molecule has 0 aromatic carbocycles. The number of likely N-dealkylation sites (N-methyl/N-ethyl adjacent to an activating group) is 1. The molecule has 1 atom stereocenters. The Hall–Kier alpha value is -1.43. The molecule has 2 heterocycles. The highest BCUT2D eigenvalue weighted by Crippen LogP contribution is 2.17. The first kappa shape index (κ1) is 10.1. The smallest absolute Gasteiger partial charge is 0.245 e. The van der Waals surface area contributed by atoms with Gasteiger partial charge in [0.2, 0.25) is 5.91 Å². The van der Waals surface area contributed by atoms with E-state index in [1.54, 1.807) is 22.8 Å². The summed E-state index contributed by atoms with van der Waals surface area (Å²) in [5, 5.41) is 10.8. The molecule has 0 saturated carbocycles. The van der Waals surface area contributed by atoms with Gasteiger partial charge in [0.25, 0.3) is 0 Å².